The highest BCUT2D eigenvalue weighted by Crippen LogP contribution is 2.48. The number of halogens is 2. The lowest BCUT2D eigenvalue weighted by molar-refractivity contribution is 0.227. The maximum Gasteiger partial charge on any atom is 0.300 e. The standard InChI is InChI=1S/C14H21F2O5PS/c1-5-11-12(15)7-8-13(16)14(11)23(18,19)20-9-22(17,6-2)21-10(3)4/h7-8,10H,5-6,9H2,1-4H3. The van der Waals surface area contributed by atoms with Gasteiger partial charge in [-0.15, -0.1) is 0 Å². The van der Waals surface area contributed by atoms with E-state index in [4.69, 9.17) is 8.71 Å². The van der Waals surface area contributed by atoms with Crippen molar-refractivity contribution in [2.24, 2.45) is 0 Å². The van der Waals surface area contributed by atoms with Crippen molar-refractivity contribution in [3.8, 4) is 0 Å². The number of rotatable bonds is 8. The molecule has 0 fully saturated rings. The lowest BCUT2D eigenvalue weighted by Gasteiger charge is -2.19. The molecule has 1 aromatic carbocycles. The van der Waals surface area contributed by atoms with Gasteiger partial charge in [-0.1, -0.05) is 13.8 Å². The summed E-state index contributed by atoms with van der Waals surface area (Å²) in [5.74, 6) is -1.95. The predicted molar refractivity (Wildman–Crippen MR) is 83.2 cm³/mol. The normalized spacial score (nSPS) is 14.9. The van der Waals surface area contributed by atoms with E-state index in [0.29, 0.717) is 0 Å². The third-order valence-corrected chi connectivity index (χ3v) is 6.88. The van der Waals surface area contributed by atoms with Crippen LogP contribution in [0.25, 0.3) is 0 Å². The first-order chi connectivity index (χ1) is 10.6. The van der Waals surface area contributed by atoms with Crippen LogP contribution in [0.1, 0.15) is 33.3 Å². The highest BCUT2D eigenvalue weighted by molar-refractivity contribution is 7.87. The van der Waals surface area contributed by atoms with E-state index in [1.807, 2.05) is 0 Å². The van der Waals surface area contributed by atoms with Crippen molar-refractivity contribution in [2.75, 3.05) is 12.5 Å². The summed E-state index contributed by atoms with van der Waals surface area (Å²) in [7, 11) is -7.94. The van der Waals surface area contributed by atoms with Crippen LogP contribution in [-0.2, 0) is 29.8 Å². The minimum Gasteiger partial charge on any atom is -0.324 e. The second-order valence-electron chi connectivity index (χ2n) is 5.18. The molecule has 132 valence electrons. The van der Waals surface area contributed by atoms with Gasteiger partial charge in [0.05, 0.1) is 6.10 Å². The van der Waals surface area contributed by atoms with E-state index < -0.39 is 40.4 Å². The fourth-order valence-electron chi connectivity index (χ4n) is 1.96. The molecule has 0 heterocycles. The van der Waals surface area contributed by atoms with Crippen LogP contribution in [0.3, 0.4) is 0 Å². The predicted octanol–water partition coefficient (Wildman–Crippen LogP) is 3.91. The van der Waals surface area contributed by atoms with Crippen molar-refractivity contribution in [3.63, 3.8) is 0 Å². The Labute approximate surface area is 135 Å². The van der Waals surface area contributed by atoms with Crippen LogP contribution in [0.2, 0.25) is 0 Å². The Hall–Kier alpha value is -0.820. The highest BCUT2D eigenvalue weighted by Gasteiger charge is 2.31. The SMILES string of the molecule is CCc1c(F)ccc(F)c1S(=O)(=O)OCP(=O)(CC)OC(C)C. The Balaban J connectivity index is 3.15. The van der Waals surface area contributed by atoms with Crippen LogP contribution in [0.4, 0.5) is 8.78 Å². The smallest absolute Gasteiger partial charge is 0.300 e. The minimum absolute atomic E-state index is 0.0323. The third kappa shape index (κ3) is 5.08. The van der Waals surface area contributed by atoms with Crippen molar-refractivity contribution in [2.45, 2.75) is 45.1 Å². The van der Waals surface area contributed by atoms with Crippen molar-refractivity contribution in [1.29, 1.82) is 0 Å². The number of hydrogen-bond acceptors (Lipinski definition) is 5. The lowest BCUT2D eigenvalue weighted by atomic mass is 10.1. The molecule has 1 unspecified atom stereocenters. The van der Waals surface area contributed by atoms with E-state index >= 15 is 0 Å². The van der Waals surface area contributed by atoms with Crippen LogP contribution in [-0.4, -0.2) is 27.0 Å². The lowest BCUT2D eigenvalue weighted by Crippen LogP contribution is -2.15. The maximum atomic E-state index is 13.9. The summed E-state index contributed by atoms with van der Waals surface area (Å²) in [6, 6.07) is 1.57. The second kappa shape index (κ2) is 7.83. The summed E-state index contributed by atoms with van der Waals surface area (Å²) in [6.07, 6.45) is -1.07. The first kappa shape index (κ1) is 20.2. The summed E-state index contributed by atoms with van der Waals surface area (Å²) in [5.41, 5.74) is -0.305. The first-order valence-corrected chi connectivity index (χ1v) is 10.6. The van der Waals surface area contributed by atoms with Crippen LogP contribution >= 0.6 is 7.37 Å². The van der Waals surface area contributed by atoms with E-state index in [-0.39, 0.29) is 24.3 Å². The van der Waals surface area contributed by atoms with Crippen LogP contribution in [0.15, 0.2) is 17.0 Å². The quantitative estimate of drug-likeness (QED) is 0.513. The molecular weight excluding hydrogens is 349 g/mol. The summed E-state index contributed by atoms with van der Waals surface area (Å²) in [5, 5.41) is 0. The second-order valence-corrected chi connectivity index (χ2v) is 9.46. The Kier molecular flexibility index (Phi) is 6.89. The van der Waals surface area contributed by atoms with Crippen LogP contribution in [0.5, 0.6) is 0 Å². The average molecular weight is 370 g/mol. The van der Waals surface area contributed by atoms with Crippen molar-refractivity contribution < 1.29 is 30.5 Å². The molecule has 0 aliphatic carbocycles. The van der Waals surface area contributed by atoms with Crippen molar-refractivity contribution >= 4 is 17.5 Å². The van der Waals surface area contributed by atoms with Crippen molar-refractivity contribution in [1.82, 2.24) is 0 Å². The molecule has 0 amide bonds. The molecule has 0 aliphatic rings. The Morgan fingerprint density at radius 2 is 1.74 bits per heavy atom. The first-order valence-electron chi connectivity index (χ1n) is 7.19. The topological polar surface area (TPSA) is 69.7 Å². The molecule has 0 spiro atoms. The zero-order valence-corrected chi connectivity index (χ0v) is 15.2. The third-order valence-electron chi connectivity index (χ3n) is 3.05. The van der Waals surface area contributed by atoms with E-state index in [1.165, 1.54) is 6.92 Å². The molecule has 0 saturated heterocycles. The van der Waals surface area contributed by atoms with E-state index in [0.717, 1.165) is 12.1 Å². The van der Waals surface area contributed by atoms with Crippen LogP contribution < -0.4 is 0 Å². The fourth-order valence-corrected chi connectivity index (χ4v) is 5.29. The molecule has 0 aliphatic heterocycles. The van der Waals surface area contributed by atoms with Gasteiger partial charge in [0.2, 0.25) is 7.37 Å². The summed E-state index contributed by atoms with van der Waals surface area (Å²) in [6.45, 7) is 6.37. The fraction of sp³-hybridized carbons (Fsp3) is 0.571. The Morgan fingerprint density at radius 1 is 1.17 bits per heavy atom. The summed E-state index contributed by atoms with van der Waals surface area (Å²) >= 11 is 0. The molecule has 0 bridgehead atoms. The Bertz CT molecular complexity index is 703. The van der Waals surface area contributed by atoms with Gasteiger partial charge in [-0.25, -0.2) is 8.78 Å². The van der Waals surface area contributed by atoms with Crippen LogP contribution in [0, 0.1) is 11.6 Å². The van der Waals surface area contributed by atoms with Gasteiger partial charge in [0, 0.05) is 11.7 Å². The summed E-state index contributed by atoms with van der Waals surface area (Å²) in [4.78, 5) is -0.854. The Morgan fingerprint density at radius 3 is 2.22 bits per heavy atom. The molecule has 1 rings (SSSR count). The zero-order valence-electron chi connectivity index (χ0n) is 13.5. The monoisotopic (exact) mass is 370 g/mol. The van der Waals surface area contributed by atoms with Gasteiger partial charge in [0.25, 0.3) is 0 Å². The molecule has 1 atom stereocenters. The molecule has 0 saturated carbocycles. The minimum atomic E-state index is -4.60. The molecule has 5 nitrogen and oxygen atoms in total. The molecular formula is C14H21F2O5PS. The van der Waals surface area contributed by atoms with Gasteiger partial charge in [-0.2, -0.15) is 8.42 Å². The summed E-state index contributed by atoms with van der Waals surface area (Å²) < 4.78 is 74.4. The van der Waals surface area contributed by atoms with E-state index in [1.54, 1.807) is 20.8 Å². The highest BCUT2D eigenvalue weighted by atomic mass is 32.2. The average Bonchev–Trinajstić information content (AvgIpc) is 2.46. The molecule has 9 heteroatoms. The molecule has 1 aromatic rings. The number of hydrogen-bond donors (Lipinski definition) is 0. The zero-order chi connectivity index (χ0) is 17.8. The van der Waals surface area contributed by atoms with Gasteiger partial charge in [0.15, 0.2) is 0 Å². The molecule has 23 heavy (non-hydrogen) atoms. The van der Waals surface area contributed by atoms with E-state index in [9.17, 15) is 21.8 Å². The van der Waals surface area contributed by atoms with Gasteiger partial charge in [-0.05, 0) is 32.4 Å². The largest absolute Gasteiger partial charge is 0.324 e. The van der Waals surface area contributed by atoms with Gasteiger partial charge < -0.3 is 4.52 Å². The maximum absolute atomic E-state index is 13.9. The number of benzene rings is 1. The van der Waals surface area contributed by atoms with Crippen molar-refractivity contribution in [3.05, 3.63) is 29.3 Å². The van der Waals surface area contributed by atoms with E-state index in [2.05, 4.69) is 0 Å². The molecule has 0 aromatic heterocycles. The van der Waals surface area contributed by atoms with Gasteiger partial charge in [0.1, 0.15) is 22.9 Å². The van der Waals surface area contributed by atoms with Gasteiger partial charge >= 0.3 is 10.1 Å². The molecule has 0 N–H and O–H groups in total. The molecule has 0 radical (unpaired) electrons. The van der Waals surface area contributed by atoms with Gasteiger partial charge in [-0.3, -0.25) is 8.75 Å².